The van der Waals surface area contributed by atoms with Crippen molar-refractivity contribution < 1.29 is 13.3 Å². The van der Waals surface area contributed by atoms with Crippen LogP contribution in [0.3, 0.4) is 0 Å². The van der Waals surface area contributed by atoms with Crippen LogP contribution in [0.25, 0.3) is 98.6 Å². The zero-order chi connectivity index (χ0) is 28.1. The van der Waals surface area contributed by atoms with Crippen LogP contribution in [0.1, 0.15) is 0 Å². The highest BCUT2D eigenvalue weighted by Crippen LogP contribution is 2.49. The number of rotatable bonds is 2. The molecule has 0 fully saturated rings. The van der Waals surface area contributed by atoms with Crippen molar-refractivity contribution in [1.29, 1.82) is 0 Å². The van der Waals surface area contributed by atoms with E-state index in [2.05, 4.69) is 103 Å². The number of benzene rings is 7. The molecule has 0 aliphatic heterocycles. The number of fused-ring (bicyclic) bond motifs is 10. The molecule has 43 heavy (non-hydrogen) atoms. The van der Waals surface area contributed by atoms with E-state index in [4.69, 9.17) is 13.3 Å². The molecule has 0 amide bonds. The van der Waals surface area contributed by atoms with Crippen molar-refractivity contribution in [1.82, 2.24) is 0 Å². The van der Waals surface area contributed by atoms with Gasteiger partial charge in [0.05, 0.1) is 11.6 Å². The third kappa shape index (κ3) is 3.03. The monoisotopic (exact) mass is 550 g/mol. The Morgan fingerprint density at radius 2 is 0.884 bits per heavy atom. The number of hydrogen-bond acceptors (Lipinski definition) is 3. The highest BCUT2D eigenvalue weighted by Gasteiger charge is 2.23. The van der Waals surface area contributed by atoms with E-state index in [-0.39, 0.29) is 0 Å². The fourth-order valence-corrected chi connectivity index (χ4v) is 7.18. The van der Waals surface area contributed by atoms with Crippen LogP contribution >= 0.6 is 0 Å². The van der Waals surface area contributed by atoms with E-state index in [1.807, 2.05) is 30.5 Å². The van der Waals surface area contributed by atoms with E-state index in [1.54, 1.807) is 0 Å². The zero-order valence-electron chi connectivity index (χ0n) is 22.9. The predicted octanol–water partition coefficient (Wildman–Crippen LogP) is 11.9. The molecular weight excluding hydrogens is 528 g/mol. The Kier molecular flexibility index (Phi) is 4.45. The van der Waals surface area contributed by atoms with Gasteiger partial charge in [-0.15, -0.1) is 0 Å². The molecule has 0 aliphatic rings. The fourth-order valence-electron chi connectivity index (χ4n) is 7.18. The van der Waals surface area contributed by atoms with E-state index in [0.717, 1.165) is 82.3 Å². The molecule has 0 saturated heterocycles. The standard InChI is InChI=1S/C40H22O3/c1-3-13-26-24(11-1)36(30-16-9-19-35-38(30)29-15-6-8-18-33(29)42-35)25-12-2-4-14-27(25)37(26)31-22-41-34-21-20-28-23-10-5-7-17-32(23)43-40(28)39(31)34/h1-22H. The van der Waals surface area contributed by atoms with E-state index < -0.39 is 0 Å². The molecule has 0 N–H and O–H groups in total. The molecule has 10 aromatic rings. The van der Waals surface area contributed by atoms with Gasteiger partial charge in [-0.25, -0.2) is 0 Å². The molecule has 3 heterocycles. The Morgan fingerprint density at radius 1 is 0.326 bits per heavy atom. The molecule has 0 aliphatic carbocycles. The third-order valence-electron chi connectivity index (χ3n) is 8.95. The van der Waals surface area contributed by atoms with Crippen molar-refractivity contribution in [3.05, 3.63) is 134 Å². The van der Waals surface area contributed by atoms with Crippen LogP contribution < -0.4 is 0 Å². The van der Waals surface area contributed by atoms with Crippen molar-refractivity contribution in [2.24, 2.45) is 0 Å². The van der Waals surface area contributed by atoms with Gasteiger partial charge in [0.2, 0.25) is 0 Å². The first-order valence-corrected chi connectivity index (χ1v) is 14.5. The second-order valence-electron chi connectivity index (χ2n) is 11.2. The van der Waals surface area contributed by atoms with E-state index in [1.165, 1.54) is 16.3 Å². The SMILES string of the molecule is c1ccc2c(c1)oc1c2ccc2occ(-c3c4ccccc4c(-c4cccc5oc6ccccc6c45)c4ccccc34)c21. The summed E-state index contributed by atoms with van der Waals surface area (Å²) in [7, 11) is 0. The fraction of sp³-hybridized carbons (Fsp3) is 0. The average molecular weight is 551 g/mol. The summed E-state index contributed by atoms with van der Waals surface area (Å²) in [5.41, 5.74) is 8.88. The van der Waals surface area contributed by atoms with Crippen LogP contribution in [0.5, 0.6) is 0 Å². The highest BCUT2D eigenvalue weighted by molar-refractivity contribution is 6.28. The molecule has 0 atom stereocenters. The largest absolute Gasteiger partial charge is 0.464 e. The molecule has 10 rings (SSSR count). The second kappa shape index (κ2) is 8.37. The van der Waals surface area contributed by atoms with Gasteiger partial charge in [0.25, 0.3) is 0 Å². The topological polar surface area (TPSA) is 39.4 Å². The smallest absolute Gasteiger partial charge is 0.147 e. The van der Waals surface area contributed by atoms with Crippen molar-refractivity contribution in [3.63, 3.8) is 0 Å². The summed E-state index contributed by atoms with van der Waals surface area (Å²) in [6.45, 7) is 0. The van der Waals surface area contributed by atoms with E-state index in [9.17, 15) is 0 Å². The van der Waals surface area contributed by atoms with Gasteiger partial charge >= 0.3 is 0 Å². The molecule has 0 saturated carbocycles. The number of para-hydroxylation sites is 2. The maximum atomic E-state index is 6.51. The summed E-state index contributed by atoms with van der Waals surface area (Å²) in [5, 5.41) is 10.2. The minimum absolute atomic E-state index is 0.813. The molecule has 0 spiro atoms. The van der Waals surface area contributed by atoms with Crippen LogP contribution in [0, 0.1) is 0 Å². The van der Waals surface area contributed by atoms with Gasteiger partial charge in [-0.1, -0.05) is 97.1 Å². The Labute approximate surface area is 245 Å². The molecule has 0 unspecified atom stereocenters. The van der Waals surface area contributed by atoms with Gasteiger partial charge in [-0.2, -0.15) is 0 Å². The molecule has 3 heteroatoms. The lowest BCUT2D eigenvalue weighted by molar-refractivity contribution is 0.616. The van der Waals surface area contributed by atoms with Crippen LogP contribution in [0.15, 0.2) is 147 Å². The van der Waals surface area contributed by atoms with Crippen LogP contribution in [-0.2, 0) is 0 Å². The minimum atomic E-state index is 0.813. The first-order chi connectivity index (χ1) is 21.3. The lowest BCUT2D eigenvalue weighted by Gasteiger charge is -2.17. The number of furan rings is 3. The van der Waals surface area contributed by atoms with Crippen LogP contribution in [-0.4, -0.2) is 0 Å². The lowest BCUT2D eigenvalue weighted by Crippen LogP contribution is -1.91. The van der Waals surface area contributed by atoms with Gasteiger partial charge in [0.1, 0.15) is 27.9 Å². The van der Waals surface area contributed by atoms with E-state index >= 15 is 0 Å². The van der Waals surface area contributed by atoms with Gasteiger partial charge in [0.15, 0.2) is 0 Å². The first kappa shape index (κ1) is 22.8. The van der Waals surface area contributed by atoms with Gasteiger partial charge in [-0.05, 0) is 63.0 Å². The summed E-state index contributed by atoms with van der Waals surface area (Å²) in [6.07, 6.45) is 1.90. The summed E-state index contributed by atoms with van der Waals surface area (Å²) >= 11 is 0. The number of hydrogen-bond donors (Lipinski definition) is 0. The zero-order valence-corrected chi connectivity index (χ0v) is 22.9. The first-order valence-electron chi connectivity index (χ1n) is 14.5. The molecular formula is C40H22O3. The highest BCUT2D eigenvalue weighted by atomic mass is 16.3. The van der Waals surface area contributed by atoms with Crippen molar-refractivity contribution in [2.75, 3.05) is 0 Å². The average Bonchev–Trinajstić information content (AvgIpc) is 3.76. The van der Waals surface area contributed by atoms with Gasteiger partial charge in [0, 0.05) is 32.7 Å². The Hall–Kier alpha value is -5.80. The maximum absolute atomic E-state index is 6.51. The molecule has 0 radical (unpaired) electrons. The van der Waals surface area contributed by atoms with Crippen molar-refractivity contribution in [2.45, 2.75) is 0 Å². The van der Waals surface area contributed by atoms with Crippen molar-refractivity contribution in [3.8, 4) is 22.3 Å². The molecule has 0 bridgehead atoms. The summed E-state index contributed by atoms with van der Waals surface area (Å²) in [6, 6.07) is 44.5. The Morgan fingerprint density at radius 3 is 1.58 bits per heavy atom. The quantitative estimate of drug-likeness (QED) is 0.201. The summed E-state index contributed by atoms with van der Waals surface area (Å²) in [5.74, 6) is 0. The summed E-state index contributed by atoms with van der Waals surface area (Å²) < 4.78 is 19.1. The summed E-state index contributed by atoms with van der Waals surface area (Å²) in [4.78, 5) is 0. The Bertz CT molecular complexity index is 2680. The normalized spacial score (nSPS) is 12.2. The van der Waals surface area contributed by atoms with E-state index in [0.29, 0.717) is 0 Å². The Balaban J connectivity index is 1.38. The van der Waals surface area contributed by atoms with Gasteiger partial charge < -0.3 is 13.3 Å². The lowest BCUT2D eigenvalue weighted by atomic mass is 9.85. The molecule has 3 nitrogen and oxygen atoms in total. The third-order valence-corrected chi connectivity index (χ3v) is 8.95. The van der Waals surface area contributed by atoms with Crippen LogP contribution in [0.2, 0.25) is 0 Å². The maximum Gasteiger partial charge on any atom is 0.147 e. The molecule has 7 aromatic carbocycles. The molecule has 200 valence electrons. The molecule has 3 aromatic heterocycles. The second-order valence-corrected chi connectivity index (χ2v) is 11.2. The van der Waals surface area contributed by atoms with Crippen LogP contribution in [0.4, 0.5) is 0 Å². The predicted molar refractivity (Wildman–Crippen MR) is 177 cm³/mol. The van der Waals surface area contributed by atoms with Gasteiger partial charge in [-0.3, -0.25) is 0 Å². The van der Waals surface area contributed by atoms with Crippen molar-refractivity contribution >= 4 is 76.4 Å². The minimum Gasteiger partial charge on any atom is -0.464 e.